The largest absolute Gasteiger partial charge is 0.504 e. The first-order chi connectivity index (χ1) is 13.5. The topological polar surface area (TPSA) is 70.6 Å². The molecule has 0 amide bonds. The highest BCUT2D eigenvalue weighted by Gasteiger charge is 2.06. The first-order valence-corrected chi connectivity index (χ1v) is 9.00. The molecule has 0 radical (unpaired) electrons. The van der Waals surface area contributed by atoms with E-state index in [2.05, 4.69) is 0 Å². The molecular formula is C23H22NO4+. The fourth-order valence-electron chi connectivity index (χ4n) is 2.75. The zero-order valence-electron chi connectivity index (χ0n) is 15.6. The molecule has 2 aromatic carbocycles. The molecular weight excluding hydrogens is 354 g/mol. The Bertz CT molecular complexity index is 976. The molecule has 0 unspecified atom stereocenters. The van der Waals surface area contributed by atoms with Gasteiger partial charge in [0.25, 0.3) is 0 Å². The van der Waals surface area contributed by atoms with E-state index in [-0.39, 0.29) is 11.3 Å². The molecule has 0 saturated carbocycles. The van der Waals surface area contributed by atoms with Crippen LogP contribution in [0.2, 0.25) is 0 Å². The second kappa shape index (κ2) is 8.86. The molecule has 2 N–H and O–H groups in total. The molecule has 0 spiro atoms. The van der Waals surface area contributed by atoms with E-state index in [0.29, 0.717) is 18.9 Å². The van der Waals surface area contributed by atoms with Gasteiger partial charge < -0.3 is 14.9 Å². The molecule has 1 heterocycles. The van der Waals surface area contributed by atoms with Gasteiger partial charge in [-0.05, 0) is 42.3 Å². The van der Waals surface area contributed by atoms with Crippen molar-refractivity contribution < 1.29 is 24.3 Å². The Balaban J connectivity index is 1.66. The van der Waals surface area contributed by atoms with Crippen LogP contribution >= 0.6 is 0 Å². The molecule has 0 aliphatic rings. The molecule has 5 heteroatoms. The molecule has 0 aliphatic carbocycles. The van der Waals surface area contributed by atoms with E-state index in [1.807, 2.05) is 66.4 Å². The van der Waals surface area contributed by atoms with E-state index in [1.54, 1.807) is 24.3 Å². The highest BCUT2D eigenvalue weighted by Crippen LogP contribution is 2.27. The summed E-state index contributed by atoms with van der Waals surface area (Å²) in [5, 5.41) is 18.7. The van der Waals surface area contributed by atoms with Gasteiger partial charge in [0.1, 0.15) is 0 Å². The Morgan fingerprint density at radius 3 is 2.32 bits per heavy atom. The molecule has 3 aromatic rings. The van der Waals surface area contributed by atoms with Gasteiger partial charge in [0, 0.05) is 17.7 Å². The highest BCUT2D eigenvalue weighted by molar-refractivity contribution is 5.87. The number of hydrogen-bond donors (Lipinski definition) is 2. The van der Waals surface area contributed by atoms with Gasteiger partial charge in [0.2, 0.25) is 0 Å². The summed E-state index contributed by atoms with van der Waals surface area (Å²) in [6, 6.07) is 16.2. The van der Waals surface area contributed by atoms with Crippen LogP contribution in [0.15, 0.2) is 67.0 Å². The van der Waals surface area contributed by atoms with Gasteiger partial charge in [0.15, 0.2) is 30.4 Å². The Hall–Kier alpha value is -3.60. The summed E-state index contributed by atoms with van der Waals surface area (Å²) < 4.78 is 7.43. The van der Waals surface area contributed by atoms with Crippen LogP contribution in [0.1, 0.15) is 34.0 Å². The highest BCUT2D eigenvalue weighted by atomic mass is 16.5. The standard InChI is InChI=1S/C23H21NO4/c1-2-28-22-15-18(7-10-21(22)25)4-3-17-11-13-24(14-12-17)16-19-5-8-20(9-6-19)23(26)27/h3-15H,2,16H2,1H3,(H,26,27)/p+1. The van der Waals surface area contributed by atoms with Crippen molar-refractivity contribution in [3.63, 3.8) is 0 Å². The van der Waals surface area contributed by atoms with Crippen LogP contribution in [0.5, 0.6) is 11.5 Å². The number of rotatable bonds is 7. The van der Waals surface area contributed by atoms with E-state index in [4.69, 9.17) is 9.84 Å². The van der Waals surface area contributed by atoms with Crippen LogP contribution < -0.4 is 9.30 Å². The van der Waals surface area contributed by atoms with Crippen molar-refractivity contribution in [3.8, 4) is 11.5 Å². The third-order valence-corrected chi connectivity index (χ3v) is 4.23. The summed E-state index contributed by atoms with van der Waals surface area (Å²) in [6.07, 6.45) is 7.92. The lowest BCUT2D eigenvalue weighted by Gasteiger charge is -2.06. The third kappa shape index (κ3) is 4.98. The number of carbonyl (C=O) groups is 1. The van der Waals surface area contributed by atoms with E-state index in [9.17, 15) is 9.90 Å². The molecule has 0 saturated heterocycles. The quantitative estimate of drug-likeness (QED) is 0.612. The van der Waals surface area contributed by atoms with Crippen molar-refractivity contribution in [2.24, 2.45) is 0 Å². The number of pyridine rings is 1. The summed E-state index contributed by atoms with van der Waals surface area (Å²) in [6.45, 7) is 3.04. The molecule has 0 aliphatic heterocycles. The smallest absolute Gasteiger partial charge is 0.335 e. The number of ether oxygens (including phenoxy) is 1. The van der Waals surface area contributed by atoms with Gasteiger partial charge in [-0.2, -0.15) is 0 Å². The molecule has 0 bridgehead atoms. The van der Waals surface area contributed by atoms with Crippen molar-refractivity contribution >= 4 is 18.1 Å². The Kier molecular flexibility index (Phi) is 6.07. The van der Waals surface area contributed by atoms with Crippen LogP contribution in [0.4, 0.5) is 0 Å². The molecule has 1 aromatic heterocycles. The van der Waals surface area contributed by atoms with Crippen molar-refractivity contribution in [2.45, 2.75) is 13.5 Å². The fourth-order valence-corrected chi connectivity index (χ4v) is 2.75. The molecule has 0 atom stereocenters. The molecule has 142 valence electrons. The van der Waals surface area contributed by atoms with Crippen LogP contribution in [-0.4, -0.2) is 22.8 Å². The SMILES string of the molecule is CCOc1cc(/C=C\c2cc[n+](Cc3ccc(C(=O)O)cc3)cc2)ccc1O. The Morgan fingerprint density at radius 2 is 1.68 bits per heavy atom. The normalized spacial score (nSPS) is 10.9. The third-order valence-electron chi connectivity index (χ3n) is 4.23. The molecule has 28 heavy (non-hydrogen) atoms. The lowest BCUT2D eigenvalue weighted by Crippen LogP contribution is -2.33. The zero-order valence-corrected chi connectivity index (χ0v) is 15.6. The molecule has 3 rings (SSSR count). The number of carboxylic acids is 1. The number of phenolic OH excluding ortho intramolecular Hbond substituents is 1. The number of hydrogen-bond acceptors (Lipinski definition) is 3. The molecule has 5 nitrogen and oxygen atoms in total. The monoisotopic (exact) mass is 376 g/mol. The van der Waals surface area contributed by atoms with Gasteiger partial charge in [0.05, 0.1) is 12.2 Å². The lowest BCUT2D eigenvalue weighted by atomic mass is 10.1. The number of carboxylic acid groups (broad SMARTS) is 1. The number of phenols is 1. The summed E-state index contributed by atoms with van der Waals surface area (Å²) >= 11 is 0. The van der Waals surface area contributed by atoms with E-state index in [0.717, 1.165) is 16.7 Å². The summed E-state index contributed by atoms with van der Waals surface area (Å²) in [7, 11) is 0. The first kappa shape index (κ1) is 19.2. The minimum Gasteiger partial charge on any atom is -0.504 e. The van der Waals surface area contributed by atoms with Crippen molar-refractivity contribution in [3.05, 3.63) is 89.2 Å². The number of aromatic hydroxyl groups is 1. The number of nitrogens with zero attached hydrogens (tertiary/aromatic N) is 1. The number of aromatic nitrogens is 1. The Labute approximate surface area is 163 Å². The van der Waals surface area contributed by atoms with Crippen LogP contribution in [0, 0.1) is 0 Å². The number of benzene rings is 2. The van der Waals surface area contributed by atoms with Crippen LogP contribution in [0.25, 0.3) is 12.2 Å². The van der Waals surface area contributed by atoms with Gasteiger partial charge in [-0.1, -0.05) is 30.4 Å². The van der Waals surface area contributed by atoms with E-state index < -0.39 is 5.97 Å². The van der Waals surface area contributed by atoms with E-state index >= 15 is 0 Å². The molecule has 0 fully saturated rings. The Morgan fingerprint density at radius 1 is 1.00 bits per heavy atom. The van der Waals surface area contributed by atoms with Crippen molar-refractivity contribution in [2.75, 3.05) is 6.61 Å². The first-order valence-electron chi connectivity index (χ1n) is 9.00. The second-order valence-electron chi connectivity index (χ2n) is 6.30. The summed E-state index contributed by atoms with van der Waals surface area (Å²) in [5.41, 5.74) is 3.31. The average molecular weight is 376 g/mol. The maximum absolute atomic E-state index is 10.9. The van der Waals surface area contributed by atoms with Gasteiger partial charge in [-0.3, -0.25) is 0 Å². The van der Waals surface area contributed by atoms with Gasteiger partial charge in [-0.15, -0.1) is 0 Å². The zero-order chi connectivity index (χ0) is 19.9. The maximum Gasteiger partial charge on any atom is 0.335 e. The number of aromatic carboxylic acids is 1. The minimum atomic E-state index is -0.919. The van der Waals surface area contributed by atoms with Crippen LogP contribution in [-0.2, 0) is 6.54 Å². The predicted octanol–water partition coefficient (Wildman–Crippen LogP) is 4.00. The summed E-state index contributed by atoms with van der Waals surface area (Å²) in [4.78, 5) is 10.9. The maximum atomic E-state index is 10.9. The van der Waals surface area contributed by atoms with Gasteiger partial charge >= 0.3 is 5.97 Å². The van der Waals surface area contributed by atoms with E-state index in [1.165, 1.54) is 0 Å². The average Bonchev–Trinajstić information content (AvgIpc) is 2.70. The minimum absolute atomic E-state index is 0.135. The van der Waals surface area contributed by atoms with Crippen molar-refractivity contribution in [1.82, 2.24) is 0 Å². The van der Waals surface area contributed by atoms with Gasteiger partial charge in [-0.25, -0.2) is 9.36 Å². The van der Waals surface area contributed by atoms with Crippen LogP contribution in [0.3, 0.4) is 0 Å². The summed E-state index contributed by atoms with van der Waals surface area (Å²) in [5.74, 6) is -0.307. The lowest BCUT2D eigenvalue weighted by molar-refractivity contribution is -0.688. The van der Waals surface area contributed by atoms with Crippen molar-refractivity contribution in [1.29, 1.82) is 0 Å². The fraction of sp³-hybridized carbons (Fsp3) is 0.130. The second-order valence-corrected chi connectivity index (χ2v) is 6.30. The predicted molar refractivity (Wildman–Crippen MR) is 107 cm³/mol.